The van der Waals surface area contributed by atoms with Crippen LogP contribution in [0.15, 0.2) is 17.9 Å². The Hall–Kier alpha value is -1.24. The lowest BCUT2D eigenvalue weighted by molar-refractivity contribution is 0.132. The molecule has 3 rings (SSSR count). The number of hydrogen-bond donors (Lipinski definition) is 0. The van der Waals surface area contributed by atoms with Crippen molar-refractivity contribution in [1.82, 2.24) is 19.4 Å². The molecule has 0 radical (unpaired) electrons. The zero-order valence-electron chi connectivity index (χ0n) is 11.2. The van der Waals surface area contributed by atoms with Crippen molar-refractivity contribution in [3.63, 3.8) is 0 Å². The van der Waals surface area contributed by atoms with E-state index >= 15 is 0 Å². The van der Waals surface area contributed by atoms with Crippen molar-refractivity contribution in [2.75, 3.05) is 20.3 Å². The Labute approximate surface area is 116 Å². The van der Waals surface area contributed by atoms with Crippen molar-refractivity contribution >= 4 is 11.3 Å². The van der Waals surface area contributed by atoms with Crippen LogP contribution in [0.2, 0.25) is 0 Å². The van der Waals surface area contributed by atoms with Crippen molar-refractivity contribution in [3.8, 4) is 0 Å². The fraction of sp³-hybridized carbons (Fsp3) is 0.538. The van der Waals surface area contributed by atoms with Crippen LogP contribution in [-0.4, -0.2) is 39.7 Å². The fourth-order valence-electron chi connectivity index (χ4n) is 2.78. The average molecular weight is 278 g/mol. The molecule has 0 saturated heterocycles. The largest absolute Gasteiger partial charge is 0.384 e. The number of nitrogens with zero attached hydrogens (tertiary/aromatic N) is 4. The van der Waals surface area contributed by atoms with Crippen molar-refractivity contribution in [3.05, 3.63) is 34.3 Å². The van der Waals surface area contributed by atoms with Crippen molar-refractivity contribution < 1.29 is 4.74 Å². The van der Waals surface area contributed by atoms with Gasteiger partial charge in [-0.25, -0.2) is 9.97 Å². The minimum Gasteiger partial charge on any atom is -0.384 e. The Morgan fingerprint density at radius 1 is 1.47 bits per heavy atom. The zero-order chi connectivity index (χ0) is 13.2. The Morgan fingerprint density at radius 3 is 3.11 bits per heavy atom. The summed E-state index contributed by atoms with van der Waals surface area (Å²) in [5.74, 6) is 0.390. The molecule has 19 heavy (non-hydrogen) atoms. The summed E-state index contributed by atoms with van der Waals surface area (Å²) in [6.45, 7) is 3.53. The summed E-state index contributed by atoms with van der Waals surface area (Å²) in [6.07, 6.45) is 3.77. The van der Waals surface area contributed by atoms with Crippen LogP contribution in [0.25, 0.3) is 0 Å². The first-order valence-electron chi connectivity index (χ1n) is 6.37. The van der Waals surface area contributed by atoms with E-state index in [1.807, 2.05) is 17.9 Å². The molecule has 1 aliphatic rings. The number of imidazole rings is 1. The van der Waals surface area contributed by atoms with Crippen LogP contribution in [0, 0.1) is 0 Å². The van der Waals surface area contributed by atoms with E-state index in [0.29, 0.717) is 5.92 Å². The Morgan fingerprint density at radius 2 is 2.37 bits per heavy atom. The number of hydrogen-bond acceptors (Lipinski definition) is 5. The van der Waals surface area contributed by atoms with E-state index in [-0.39, 0.29) is 0 Å². The number of ether oxygens (including phenoxy) is 1. The second kappa shape index (κ2) is 5.40. The zero-order valence-corrected chi connectivity index (χ0v) is 12.1. The van der Waals surface area contributed by atoms with Gasteiger partial charge in [0.1, 0.15) is 5.01 Å². The van der Waals surface area contributed by atoms with Gasteiger partial charge in [0.2, 0.25) is 0 Å². The Balaban J connectivity index is 1.80. The van der Waals surface area contributed by atoms with Gasteiger partial charge in [-0.3, -0.25) is 4.90 Å². The lowest BCUT2D eigenvalue weighted by Gasteiger charge is -2.32. The molecule has 0 aromatic carbocycles. The molecular formula is C13H18N4OS. The normalized spacial score (nSPS) is 19.6. The minimum absolute atomic E-state index is 0.390. The number of aryl methyl sites for hydroxylation is 1. The summed E-state index contributed by atoms with van der Waals surface area (Å²) in [7, 11) is 3.82. The number of thiazole rings is 1. The molecule has 2 aromatic heterocycles. The molecule has 102 valence electrons. The highest BCUT2D eigenvalue weighted by Crippen LogP contribution is 2.28. The summed E-state index contributed by atoms with van der Waals surface area (Å²) in [5, 5.41) is 3.19. The van der Waals surface area contributed by atoms with Gasteiger partial charge >= 0.3 is 0 Å². The van der Waals surface area contributed by atoms with Crippen molar-refractivity contribution in [1.29, 1.82) is 0 Å². The van der Waals surface area contributed by atoms with E-state index in [1.54, 1.807) is 18.4 Å². The van der Waals surface area contributed by atoms with E-state index in [9.17, 15) is 0 Å². The summed E-state index contributed by atoms with van der Waals surface area (Å²) in [5.41, 5.74) is 2.49. The summed E-state index contributed by atoms with van der Waals surface area (Å²) in [4.78, 5) is 11.3. The highest BCUT2D eigenvalue weighted by molar-refractivity contribution is 7.09. The van der Waals surface area contributed by atoms with E-state index in [1.165, 1.54) is 11.4 Å². The highest BCUT2D eigenvalue weighted by atomic mass is 32.1. The van der Waals surface area contributed by atoms with Gasteiger partial charge in [0.05, 0.1) is 25.2 Å². The maximum absolute atomic E-state index is 5.37. The van der Waals surface area contributed by atoms with Gasteiger partial charge in [-0.15, -0.1) is 11.3 Å². The predicted molar refractivity (Wildman–Crippen MR) is 74.1 cm³/mol. The third-order valence-corrected chi connectivity index (χ3v) is 4.28. The maximum Gasteiger partial charge on any atom is 0.107 e. The van der Waals surface area contributed by atoms with E-state index in [4.69, 9.17) is 4.74 Å². The summed E-state index contributed by atoms with van der Waals surface area (Å²) >= 11 is 1.71. The van der Waals surface area contributed by atoms with Crippen molar-refractivity contribution in [2.45, 2.75) is 19.0 Å². The first-order valence-corrected chi connectivity index (χ1v) is 7.25. The predicted octanol–water partition coefficient (Wildman–Crippen LogP) is 1.62. The van der Waals surface area contributed by atoms with Crippen LogP contribution in [0.3, 0.4) is 0 Å². The second-order valence-corrected chi connectivity index (χ2v) is 5.91. The number of rotatable bonds is 4. The molecule has 3 heterocycles. The monoisotopic (exact) mass is 278 g/mol. The Kier molecular flexibility index (Phi) is 3.63. The van der Waals surface area contributed by atoms with Crippen LogP contribution in [0.4, 0.5) is 0 Å². The molecule has 0 bridgehead atoms. The van der Waals surface area contributed by atoms with Gasteiger partial charge < -0.3 is 9.30 Å². The van der Waals surface area contributed by atoms with Gasteiger partial charge in [0.25, 0.3) is 0 Å². The van der Waals surface area contributed by atoms with Gasteiger partial charge in [0, 0.05) is 50.4 Å². The van der Waals surface area contributed by atoms with E-state index < -0.39 is 0 Å². The second-order valence-electron chi connectivity index (χ2n) is 4.94. The smallest absolute Gasteiger partial charge is 0.107 e. The average Bonchev–Trinajstić information content (AvgIpc) is 3.00. The molecule has 5 nitrogen and oxygen atoms in total. The van der Waals surface area contributed by atoms with Crippen LogP contribution in [0.5, 0.6) is 0 Å². The third kappa shape index (κ3) is 2.56. The third-order valence-electron chi connectivity index (χ3n) is 3.51. The van der Waals surface area contributed by atoms with Crippen LogP contribution >= 0.6 is 11.3 Å². The molecule has 1 unspecified atom stereocenters. The molecule has 0 saturated carbocycles. The number of aromatic nitrogens is 3. The first kappa shape index (κ1) is 12.8. The summed E-state index contributed by atoms with van der Waals surface area (Å²) in [6, 6.07) is 0. The van der Waals surface area contributed by atoms with Crippen LogP contribution in [0.1, 0.15) is 22.3 Å². The highest BCUT2D eigenvalue weighted by Gasteiger charge is 2.29. The number of methoxy groups -OCH3 is 1. The first-order chi connectivity index (χ1) is 9.28. The lowest BCUT2D eigenvalue weighted by atomic mass is 9.99. The van der Waals surface area contributed by atoms with E-state index in [0.717, 1.165) is 31.2 Å². The lowest BCUT2D eigenvalue weighted by Crippen LogP contribution is -2.35. The van der Waals surface area contributed by atoms with Gasteiger partial charge in [-0.2, -0.15) is 0 Å². The number of fused-ring (bicyclic) bond motifs is 1. The van der Waals surface area contributed by atoms with Crippen molar-refractivity contribution in [2.24, 2.45) is 7.05 Å². The standard InChI is InChI=1S/C13H18N4OS/c1-16-9-15-11-6-17(7-12-14-3-4-19-12)5-10(8-18-2)13(11)16/h3-4,9-10H,5-8H2,1-2H3. The quantitative estimate of drug-likeness (QED) is 0.852. The molecule has 0 aliphatic carbocycles. The molecule has 0 spiro atoms. The molecule has 2 aromatic rings. The van der Waals surface area contributed by atoms with Crippen LogP contribution in [-0.2, 0) is 24.9 Å². The summed E-state index contributed by atoms with van der Waals surface area (Å²) < 4.78 is 7.49. The maximum atomic E-state index is 5.37. The van der Waals surface area contributed by atoms with Gasteiger partial charge in [-0.05, 0) is 0 Å². The molecule has 0 fully saturated rings. The molecule has 0 N–H and O–H groups in total. The topological polar surface area (TPSA) is 43.2 Å². The molecule has 0 amide bonds. The minimum atomic E-state index is 0.390. The van der Waals surface area contributed by atoms with Gasteiger partial charge in [0.15, 0.2) is 0 Å². The molecule has 6 heteroatoms. The molecular weight excluding hydrogens is 260 g/mol. The molecule has 1 aliphatic heterocycles. The SMILES string of the molecule is COCC1CN(Cc2nccs2)Cc2ncn(C)c21. The fourth-order valence-corrected chi connectivity index (χ4v) is 3.44. The van der Waals surface area contributed by atoms with E-state index in [2.05, 4.69) is 26.5 Å². The molecule has 1 atom stereocenters. The van der Waals surface area contributed by atoms with Gasteiger partial charge in [-0.1, -0.05) is 0 Å². The van der Waals surface area contributed by atoms with Crippen LogP contribution < -0.4 is 0 Å². The Bertz CT molecular complexity index is 537.